The number of aliphatic hydroxyl groups excluding tert-OH is 1. The number of aryl methyl sites for hydroxylation is 1. The normalized spacial score (nSPS) is 10.9. The molecule has 1 heterocycles. The molecule has 0 amide bonds. The summed E-state index contributed by atoms with van der Waals surface area (Å²) < 4.78 is 4.96. The van der Waals surface area contributed by atoms with Gasteiger partial charge in [-0.25, -0.2) is 4.79 Å². The quantitative estimate of drug-likeness (QED) is 0.535. The summed E-state index contributed by atoms with van der Waals surface area (Å²) in [4.78, 5) is 11.6. The van der Waals surface area contributed by atoms with Gasteiger partial charge in [-0.2, -0.15) is 0 Å². The molecule has 0 aliphatic heterocycles. The lowest BCUT2D eigenvalue weighted by molar-refractivity contribution is 0.297. The molecule has 5 heteroatoms. The van der Waals surface area contributed by atoms with Crippen LogP contribution in [0.3, 0.4) is 0 Å². The van der Waals surface area contributed by atoms with Gasteiger partial charge in [0.05, 0.1) is 0 Å². The van der Waals surface area contributed by atoms with E-state index in [-0.39, 0.29) is 24.4 Å². The molecule has 3 N–H and O–H groups in total. The van der Waals surface area contributed by atoms with Crippen LogP contribution < -0.4 is 5.63 Å². The molecule has 0 fully saturated rings. The van der Waals surface area contributed by atoms with Crippen molar-refractivity contribution in [3.05, 3.63) is 33.7 Å². The van der Waals surface area contributed by atoms with Crippen molar-refractivity contribution < 1.29 is 19.7 Å². The van der Waals surface area contributed by atoms with Crippen molar-refractivity contribution in [2.45, 2.75) is 13.3 Å². The number of phenols is 2. The highest BCUT2D eigenvalue weighted by Gasteiger charge is 2.15. The molecule has 0 bridgehead atoms. The molecule has 0 saturated heterocycles. The first-order chi connectivity index (χ1) is 8.06. The molecule has 5 nitrogen and oxygen atoms in total. The molecule has 0 saturated carbocycles. The summed E-state index contributed by atoms with van der Waals surface area (Å²) in [6.45, 7) is 1.56. The fourth-order valence-corrected chi connectivity index (χ4v) is 1.83. The van der Waals surface area contributed by atoms with Crippen LogP contribution in [-0.2, 0) is 6.42 Å². The minimum Gasteiger partial charge on any atom is -0.504 e. The lowest BCUT2D eigenvalue weighted by Gasteiger charge is -2.08. The van der Waals surface area contributed by atoms with Crippen LogP contribution in [-0.4, -0.2) is 21.9 Å². The predicted molar refractivity (Wildman–Crippen MR) is 61.3 cm³/mol. The topological polar surface area (TPSA) is 90.9 Å². The van der Waals surface area contributed by atoms with Crippen molar-refractivity contribution in [1.29, 1.82) is 0 Å². The number of rotatable bonds is 2. The van der Waals surface area contributed by atoms with Gasteiger partial charge in [0.15, 0.2) is 11.3 Å². The van der Waals surface area contributed by atoms with Crippen molar-refractivity contribution in [2.24, 2.45) is 0 Å². The Morgan fingerprint density at radius 3 is 2.65 bits per heavy atom. The van der Waals surface area contributed by atoms with Crippen molar-refractivity contribution in [3.8, 4) is 11.5 Å². The predicted octanol–water partition coefficient (Wildman–Crippen LogP) is 1.05. The van der Waals surface area contributed by atoms with Crippen LogP contribution in [0.4, 0.5) is 0 Å². The Hall–Kier alpha value is -2.01. The monoisotopic (exact) mass is 236 g/mol. The third kappa shape index (κ3) is 1.74. The molecule has 2 rings (SSSR count). The number of aromatic hydroxyl groups is 2. The Morgan fingerprint density at radius 2 is 2.00 bits per heavy atom. The summed E-state index contributed by atoms with van der Waals surface area (Å²) in [6, 6.07) is 2.89. The molecule has 90 valence electrons. The maximum atomic E-state index is 11.6. The van der Waals surface area contributed by atoms with E-state index in [9.17, 15) is 15.0 Å². The van der Waals surface area contributed by atoms with Crippen LogP contribution in [0.2, 0.25) is 0 Å². The average Bonchev–Trinajstić information content (AvgIpc) is 2.30. The van der Waals surface area contributed by atoms with Gasteiger partial charge < -0.3 is 19.7 Å². The smallest absolute Gasteiger partial charge is 0.339 e. The van der Waals surface area contributed by atoms with Crippen molar-refractivity contribution in [3.63, 3.8) is 0 Å². The van der Waals surface area contributed by atoms with Crippen LogP contribution in [0.5, 0.6) is 11.5 Å². The van der Waals surface area contributed by atoms with E-state index in [0.717, 1.165) is 0 Å². The summed E-state index contributed by atoms with van der Waals surface area (Å²) in [7, 11) is 0. The third-order valence-electron chi connectivity index (χ3n) is 2.77. The molecule has 0 spiro atoms. The first-order valence-electron chi connectivity index (χ1n) is 5.14. The standard InChI is InChI=1S/C12H12O5/c1-6-7-2-3-9(14)10(15)11(7)17-12(16)8(6)4-5-13/h2-3,13-15H,4-5H2,1H3. The highest BCUT2D eigenvalue weighted by atomic mass is 16.4. The SMILES string of the molecule is Cc1c(CCO)c(=O)oc2c(O)c(O)ccc12. The van der Waals surface area contributed by atoms with Crippen LogP contribution >= 0.6 is 0 Å². The molecule has 17 heavy (non-hydrogen) atoms. The van der Waals surface area contributed by atoms with Gasteiger partial charge in [-0.3, -0.25) is 0 Å². The van der Waals surface area contributed by atoms with E-state index in [1.54, 1.807) is 13.0 Å². The molecule has 0 aliphatic carbocycles. The van der Waals surface area contributed by atoms with Crippen LogP contribution in [0.15, 0.2) is 21.3 Å². The number of hydrogen-bond acceptors (Lipinski definition) is 5. The Labute approximate surface area is 96.6 Å². The Kier molecular flexibility index (Phi) is 2.77. The van der Waals surface area contributed by atoms with Gasteiger partial charge in [0, 0.05) is 24.0 Å². The summed E-state index contributed by atoms with van der Waals surface area (Å²) in [5, 5.41) is 28.3. The Morgan fingerprint density at radius 1 is 1.29 bits per heavy atom. The molecule has 0 radical (unpaired) electrons. The van der Waals surface area contributed by atoms with E-state index < -0.39 is 11.4 Å². The van der Waals surface area contributed by atoms with Crippen molar-refractivity contribution in [1.82, 2.24) is 0 Å². The molecule has 1 aromatic carbocycles. The maximum absolute atomic E-state index is 11.6. The van der Waals surface area contributed by atoms with Crippen LogP contribution in [0, 0.1) is 6.92 Å². The molecular weight excluding hydrogens is 224 g/mol. The van der Waals surface area contributed by atoms with Gasteiger partial charge in [0.25, 0.3) is 0 Å². The molecule has 1 aromatic heterocycles. The zero-order valence-corrected chi connectivity index (χ0v) is 9.23. The Bertz CT molecular complexity index is 627. The zero-order valence-electron chi connectivity index (χ0n) is 9.23. The largest absolute Gasteiger partial charge is 0.504 e. The summed E-state index contributed by atoms with van der Waals surface area (Å²) in [6.07, 6.45) is 0.200. The molecule has 0 unspecified atom stereocenters. The second-order valence-corrected chi connectivity index (χ2v) is 3.78. The highest BCUT2D eigenvalue weighted by Crippen LogP contribution is 2.34. The summed E-state index contributed by atoms with van der Waals surface area (Å²) >= 11 is 0. The van der Waals surface area contributed by atoms with E-state index in [1.807, 2.05) is 0 Å². The zero-order chi connectivity index (χ0) is 12.6. The average molecular weight is 236 g/mol. The molecule has 2 aromatic rings. The van der Waals surface area contributed by atoms with Crippen LogP contribution in [0.1, 0.15) is 11.1 Å². The number of hydrogen-bond donors (Lipinski definition) is 3. The third-order valence-corrected chi connectivity index (χ3v) is 2.77. The Balaban J connectivity index is 2.86. The van der Waals surface area contributed by atoms with Gasteiger partial charge >= 0.3 is 5.63 Å². The number of benzene rings is 1. The summed E-state index contributed by atoms with van der Waals surface area (Å²) in [5.74, 6) is -0.784. The first kappa shape index (κ1) is 11.5. The second kappa shape index (κ2) is 4.10. The minimum atomic E-state index is -0.607. The summed E-state index contributed by atoms with van der Waals surface area (Å²) in [5.41, 5.74) is 0.379. The van der Waals surface area contributed by atoms with E-state index in [0.29, 0.717) is 16.5 Å². The van der Waals surface area contributed by atoms with Gasteiger partial charge in [-0.05, 0) is 24.6 Å². The number of fused-ring (bicyclic) bond motifs is 1. The number of aliphatic hydroxyl groups is 1. The van der Waals surface area contributed by atoms with E-state index in [1.165, 1.54) is 6.07 Å². The van der Waals surface area contributed by atoms with Gasteiger partial charge in [0.1, 0.15) is 0 Å². The maximum Gasteiger partial charge on any atom is 0.339 e. The second-order valence-electron chi connectivity index (χ2n) is 3.78. The van der Waals surface area contributed by atoms with E-state index in [2.05, 4.69) is 0 Å². The van der Waals surface area contributed by atoms with Gasteiger partial charge in [-0.1, -0.05) is 0 Å². The highest BCUT2D eigenvalue weighted by molar-refractivity contribution is 5.87. The fraction of sp³-hybridized carbons (Fsp3) is 0.250. The van der Waals surface area contributed by atoms with Gasteiger partial charge in [0.2, 0.25) is 5.75 Å². The first-order valence-corrected chi connectivity index (χ1v) is 5.14. The molecule has 0 aliphatic rings. The van der Waals surface area contributed by atoms with E-state index >= 15 is 0 Å². The lowest BCUT2D eigenvalue weighted by Crippen LogP contribution is -2.11. The molecular formula is C12H12O5. The minimum absolute atomic E-state index is 0.0332. The van der Waals surface area contributed by atoms with E-state index in [4.69, 9.17) is 9.52 Å². The van der Waals surface area contributed by atoms with Crippen molar-refractivity contribution in [2.75, 3.05) is 6.61 Å². The fourth-order valence-electron chi connectivity index (χ4n) is 1.83. The van der Waals surface area contributed by atoms with Crippen LogP contribution in [0.25, 0.3) is 11.0 Å². The van der Waals surface area contributed by atoms with Crippen molar-refractivity contribution >= 4 is 11.0 Å². The molecule has 0 atom stereocenters. The number of phenolic OH excluding ortho intramolecular Hbond substituents is 2. The lowest BCUT2D eigenvalue weighted by atomic mass is 10.0. The van der Waals surface area contributed by atoms with Gasteiger partial charge in [-0.15, -0.1) is 0 Å².